The first-order valence-corrected chi connectivity index (χ1v) is 9.78. The predicted molar refractivity (Wildman–Crippen MR) is 108 cm³/mol. The van der Waals surface area contributed by atoms with Gasteiger partial charge in [-0.15, -0.1) is 0 Å². The average molecular weight is 343 g/mol. The van der Waals surface area contributed by atoms with Crippen molar-refractivity contribution in [2.45, 2.75) is 71.9 Å². The third-order valence-corrected chi connectivity index (χ3v) is 4.81. The Balaban J connectivity index is 2.00. The normalized spacial score (nSPS) is 19.2. The van der Waals surface area contributed by atoms with Crippen LogP contribution in [0.4, 0.5) is 0 Å². The molecule has 1 aromatic rings. The molecule has 1 saturated carbocycles. The molecular weight excluding hydrogens is 308 g/mol. The molecule has 0 aliphatic heterocycles. The van der Waals surface area contributed by atoms with Crippen LogP contribution >= 0.6 is 0 Å². The molecule has 0 saturated heterocycles. The van der Waals surface area contributed by atoms with Gasteiger partial charge in [0.05, 0.1) is 5.71 Å². The standard InChI is InChI=1S/C22H34N2O/c1-18(2)24(19(3)4)15-16-25-23-22-14-10-6-9-13-21(22)17-20-11-7-5-8-12-20/h5,7-8,11-12,17-19H,6,9-10,13-16H2,1-4H3/b21-17+,23-22-. The average Bonchev–Trinajstić information content (AvgIpc) is 2.80. The van der Waals surface area contributed by atoms with Crippen LogP contribution in [0.3, 0.4) is 0 Å². The maximum absolute atomic E-state index is 5.73. The Morgan fingerprint density at radius 1 is 1.00 bits per heavy atom. The van der Waals surface area contributed by atoms with Crippen LogP contribution in [0.15, 0.2) is 41.1 Å². The summed E-state index contributed by atoms with van der Waals surface area (Å²) in [6.45, 7) is 10.5. The first-order chi connectivity index (χ1) is 12.1. The van der Waals surface area contributed by atoms with Crippen LogP contribution in [0.25, 0.3) is 6.08 Å². The van der Waals surface area contributed by atoms with Crippen molar-refractivity contribution in [3.05, 3.63) is 41.5 Å². The Hall–Kier alpha value is -1.61. The fourth-order valence-corrected chi connectivity index (χ4v) is 3.48. The molecule has 0 amide bonds. The van der Waals surface area contributed by atoms with Crippen LogP contribution in [0.1, 0.15) is 65.4 Å². The van der Waals surface area contributed by atoms with Gasteiger partial charge in [-0.3, -0.25) is 4.90 Å². The van der Waals surface area contributed by atoms with E-state index in [0.29, 0.717) is 18.7 Å². The van der Waals surface area contributed by atoms with E-state index in [2.05, 4.69) is 74.2 Å². The number of hydrogen-bond acceptors (Lipinski definition) is 3. The van der Waals surface area contributed by atoms with Crippen molar-refractivity contribution in [2.75, 3.05) is 13.2 Å². The highest BCUT2D eigenvalue weighted by Gasteiger charge is 2.14. The Kier molecular flexibility index (Phi) is 8.20. The predicted octanol–water partition coefficient (Wildman–Crippen LogP) is 5.53. The molecule has 0 spiro atoms. The quantitative estimate of drug-likeness (QED) is 0.370. The molecule has 3 nitrogen and oxygen atoms in total. The van der Waals surface area contributed by atoms with Crippen molar-refractivity contribution in [3.8, 4) is 0 Å². The zero-order valence-corrected chi connectivity index (χ0v) is 16.4. The molecule has 2 rings (SSSR count). The van der Waals surface area contributed by atoms with Crippen molar-refractivity contribution < 1.29 is 4.84 Å². The van der Waals surface area contributed by atoms with E-state index in [-0.39, 0.29) is 0 Å². The summed E-state index contributed by atoms with van der Waals surface area (Å²) in [5, 5.41) is 4.53. The van der Waals surface area contributed by atoms with Gasteiger partial charge in [0.2, 0.25) is 0 Å². The van der Waals surface area contributed by atoms with Gasteiger partial charge in [0.1, 0.15) is 6.61 Å². The van der Waals surface area contributed by atoms with Crippen LogP contribution in [0.2, 0.25) is 0 Å². The highest BCUT2D eigenvalue weighted by Crippen LogP contribution is 2.23. The van der Waals surface area contributed by atoms with Crippen LogP contribution in [-0.2, 0) is 4.84 Å². The van der Waals surface area contributed by atoms with Gasteiger partial charge in [0.15, 0.2) is 0 Å². The largest absolute Gasteiger partial charge is 0.394 e. The topological polar surface area (TPSA) is 24.8 Å². The zero-order chi connectivity index (χ0) is 18.1. The number of nitrogens with zero attached hydrogens (tertiary/aromatic N) is 2. The summed E-state index contributed by atoms with van der Waals surface area (Å²) in [6, 6.07) is 11.6. The van der Waals surface area contributed by atoms with Crippen molar-refractivity contribution in [1.82, 2.24) is 4.90 Å². The summed E-state index contributed by atoms with van der Waals surface area (Å²) >= 11 is 0. The minimum absolute atomic E-state index is 0.530. The van der Waals surface area contributed by atoms with Crippen molar-refractivity contribution in [1.29, 1.82) is 0 Å². The van der Waals surface area contributed by atoms with E-state index >= 15 is 0 Å². The van der Waals surface area contributed by atoms with Crippen LogP contribution in [0, 0.1) is 0 Å². The minimum atomic E-state index is 0.530. The van der Waals surface area contributed by atoms with E-state index < -0.39 is 0 Å². The van der Waals surface area contributed by atoms with E-state index in [1.165, 1.54) is 30.4 Å². The van der Waals surface area contributed by atoms with Crippen LogP contribution in [-0.4, -0.2) is 35.8 Å². The number of rotatable bonds is 7. The molecule has 0 N–H and O–H groups in total. The van der Waals surface area contributed by atoms with Gasteiger partial charge < -0.3 is 4.84 Å². The van der Waals surface area contributed by atoms with E-state index in [1.54, 1.807) is 0 Å². The maximum atomic E-state index is 5.73. The molecule has 138 valence electrons. The molecule has 1 aromatic carbocycles. The third-order valence-electron chi connectivity index (χ3n) is 4.81. The fourth-order valence-electron chi connectivity index (χ4n) is 3.48. The lowest BCUT2D eigenvalue weighted by Gasteiger charge is -2.29. The molecule has 3 heteroatoms. The minimum Gasteiger partial charge on any atom is -0.394 e. The van der Waals surface area contributed by atoms with E-state index in [9.17, 15) is 0 Å². The molecule has 0 heterocycles. The van der Waals surface area contributed by atoms with Gasteiger partial charge in [-0.2, -0.15) is 0 Å². The molecule has 0 unspecified atom stereocenters. The maximum Gasteiger partial charge on any atom is 0.129 e. The first-order valence-electron chi connectivity index (χ1n) is 9.78. The molecule has 1 aliphatic rings. The number of oxime groups is 1. The first kappa shape index (κ1) is 19.7. The summed E-state index contributed by atoms with van der Waals surface area (Å²) in [5.41, 5.74) is 3.73. The van der Waals surface area contributed by atoms with Gasteiger partial charge in [-0.05, 0) is 70.6 Å². The summed E-state index contributed by atoms with van der Waals surface area (Å²) in [5.74, 6) is 0. The number of benzene rings is 1. The van der Waals surface area contributed by atoms with Crippen molar-refractivity contribution in [3.63, 3.8) is 0 Å². The molecule has 1 aliphatic carbocycles. The second kappa shape index (κ2) is 10.4. The Bertz CT molecular complexity index is 553. The van der Waals surface area contributed by atoms with E-state index in [1.807, 2.05) is 0 Å². The lowest BCUT2D eigenvalue weighted by molar-refractivity contribution is 0.0826. The zero-order valence-electron chi connectivity index (χ0n) is 16.4. The fraction of sp³-hybridized carbons (Fsp3) is 0.591. The summed E-state index contributed by atoms with van der Waals surface area (Å²) in [4.78, 5) is 8.17. The van der Waals surface area contributed by atoms with Gasteiger partial charge in [0, 0.05) is 18.6 Å². The monoisotopic (exact) mass is 342 g/mol. The van der Waals surface area contributed by atoms with Crippen molar-refractivity contribution in [2.24, 2.45) is 5.16 Å². The van der Waals surface area contributed by atoms with Gasteiger partial charge in [-0.25, -0.2) is 0 Å². The SMILES string of the molecule is CC(C)N(CCO/N=C1/CCCCC/C1=C\c1ccccc1)C(C)C. The van der Waals surface area contributed by atoms with E-state index in [0.717, 1.165) is 25.1 Å². The molecule has 0 atom stereocenters. The summed E-state index contributed by atoms with van der Waals surface area (Å²) in [7, 11) is 0. The smallest absolute Gasteiger partial charge is 0.129 e. The van der Waals surface area contributed by atoms with E-state index in [4.69, 9.17) is 4.84 Å². The lowest BCUT2D eigenvalue weighted by atomic mass is 10.0. The Morgan fingerprint density at radius 2 is 1.68 bits per heavy atom. The summed E-state index contributed by atoms with van der Waals surface area (Å²) in [6.07, 6.45) is 8.13. The molecule has 25 heavy (non-hydrogen) atoms. The van der Waals surface area contributed by atoms with Crippen LogP contribution < -0.4 is 0 Å². The molecule has 0 radical (unpaired) electrons. The van der Waals surface area contributed by atoms with Gasteiger partial charge in [0.25, 0.3) is 0 Å². The van der Waals surface area contributed by atoms with Gasteiger partial charge >= 0.3 is 0 Å². The second-order valence-corrected chi connectivity index (χ2v) is 7.44. The third kappa shape index (κ3) is 6.66. The van der Waals surface area contributed by atoms with Crippen molar-refractivity contribution >= 4 is 11.8 Å². The number of hydrogen-bond donors (Lipinski definition) is 0. The molecule has 0 aromatic heterocycles. The molecular formula is C22H34N2O. The lowest BCUT2D eigenvalue weighted by Crippen LogP contribution is -2.39. The number of allylic oxidation sites excluding steroid dienone is 1. The van der Waals surface area contributed by atoms with Crippen LogP contribution in [0.5, 0.6) is 0 Å². The highest BCUT2D eigenvalue weighted by atomic mass is 16.6. The summed E-state index contributed by atoms with van der Waals surface area (Å²) < 4.78 is 0. The molecule has 1 fully saturated rings. The Labute approximate surface area is 153 Å². The molecule has 0 bridgehead atoms. The van der Waals surface area contributed by atoms with Gasteiger partial charge in [-0.1, -0.05) is 41.9 Å². The highest BCUT2D eigenvalue weighted by molar-refractivity contribution is 6.03. The second-order valence-electron chi connectivity index (χ2n) is 7.44. The Morgan fingerprint density at radius 3 is 2.36 bits per heavy atom.